The van der Waals surface area contributed by atoms with Crippen molar-refractivity contribution in [2.75, 3.05) is 22.8 Å². The first-order valence-electron chi connectivity index (χ1n) is 11.3. The van der Waals surface area contributed by atoms with Crippen LogP contribution in [0.15, 0.2) is 48.8 Å². The highest BCUT2D eigenvalue weighted by molar-refractivity contribution is 7.91. The van der Waals surface area contributed by atoms with Crippen LogP contribution in [0.25, 0.3) is 0 Å². The molecule has 4 rings (SSSR count). The SMILES string of the molecule is Cc1ncc(N(C)C(=O)[C@H](Cc2cc(F)cc(F)c2)NC(=O)NS(=O)(=O)N2CCc3cccnc32)cc1Cl.S. The summed E-state index contributed by atoms with van der Waals surface area (Å²) in [6.45, 7) is 1.75. The molecule has 39 heavy (non-hydrogen) atoms. The van der Waals surface area contributed by atoms with Crippen molar-refractivity contribution in [3.63, 3.8) is 0 Å². The number of halogens is 3. The Hall–Kier alpha value is -3.49. The standard InChI is InChI=1S/C24H23ClF2N6O4S.H2S/c1-14-20(25)12-19(13-29-14)32(2)23(34)21(10-15-8-17(26)11-18(27)9-15)30-24(35)31-38(36,37)33-7-5-16-4-3-6-28-22(16)33;/h3-4,6,8-9,11-13,21H,5,7,10H2,1-2H3,(H2,30,31,35);1H2/t21-;/m0./s1. The van der Waals surface area contributed by atoms with E-state index in [1.165, 1.54) is 25.5 Å². The minimum absolute atomic E-state index is 0. The van der Waals surface area contributed by atoms with Crippen molar-refractivity contribution in [1.29, 1.82) is 0 Å². The number of nitrogens with zero attached hydrogens (tertiary/aromatic N) is 4. The molecule has 208 valence electrons. The van der Waals surface area contributed by atoms with Crippen LogP contribution in [-0.2, 0) is 27.8 Å². The number of amides is 3. The molecule has 0 spiro atoms. The van der Waals surface area contributed by atoms with Gasteiger partial charge in [-0.1, -0.05) is 17.7 Å². The van der Waals surface area contributed by atoms with Crippen LogP contribution in [0.1, 0.15) is 16.8 Å². The van der Waals surface area contributed by atoms with E-state index in [9.17, 15) is 26.8 Å². The van der Waals surface area contributed by atoms with E-state index in [4.69, 9.17) is 11.6 Å². The maximum absolute atomic E-state index is 13.8. The van der Waals surface area contributed by atoms with E-state index in [0.717, 1.165) is 21.3 Å². The fraction of sp³-hybridized carbons (Fsp3) is 0.250. The van der Waals surface area contributed by atoms with Crippen molar-refractivity contribution in [3.8, 4) is 0 Å². The van der Waals surface area contributed by atoms with Crippen molar-refractivity contribution >= 4 is 58.7 Å². The number of aromatic nitrogens is 2. The zero-order chi connectivity index (χ0) is 27.6. The zero-order valence-electron chi connectivity index (χ0n) is 20.8. The number of fused-ring (bicyclic) bond motifs is 1. The van der Waals surface area contributed by atoms with Crippen LogP contribution >= 0.6 is 25.1 Å². The number of pyridine rings is 2. The third-order valence-electron chi connectivity index (χ3n) is 5.89. The van der Waals surface area contributed by atoms with Crippen LogP contribution in [0.4, 0.5) is 25.1 Å². The normalized spacial score (nSPS) is 13.2. The second kappa shape index (κ2) is 12.1. The van der Waals surface area contributed by atoms with Crippen LogP contribution in [0.2, 0.25) is 5.02 Å². The third-order valence-corrected chi connectivity index (χ3v) is 7.66. The Morgan fingerprint density at radius 1 is 1.18 bits per heavy atom. The Labute approximate surface area is 236 Å². The molecule has 3 heterocycles. The van der Waals surface area contributed by atoms with E-state index in [2.05, 4.69) is 15.3 Å². The van der Waals surface area contributed by atoms with Gasteiger partial charge < -0.3 is 10.2 Å². The third kappa shape index (κ3) is 6.94. The van der Waals surface area contributed by atoms with E-state index < -0.39 is 39.8 Å². The molecule has 0 saturated heterocycles. The molecule has 0 saturated carbocycles. The van der Waals surface area contributed by atoms with Gasteiger partial charge in [0.1, 0.15) is 23.5 Å². The number of urea groups is 1. The molecule has 1 atom stereocenters. The lowest BCUT2D eigenvalue weighted by molar-refractivity contribution is -0.120. The van der Waals surface area contributed by atoms with Gasteiger partial charge in [0.05, 0.1) is 22.6 Å². The number of anilines is 2. The molecule has 0 aliphatic carbocycles. The fourth-order valence-electron chi connectivity index (χ4n) is 3.98. The molecular formula is C24H25ClF2N6O4S2. The number of hydrogen-bond donors (Lipinski definition) is 2. The Morgan fingerprint density at radius 3 is 2.54 bits per heavy atom. The number of benzene rings is 1. The predicted molar refractivity (Wildman–Crippen MR) is 147 cm³/mol. The van der Waals surface area contributed by atoms with Crippen LogP contribution in [0, 0.1) is 18.6 Å². The van der Waals surface area contributed by atoms with Gasteiger partial charge >= 0.3 is 16.2 Å². The molecule has 3 amide bonds. The van der Waals surface area contributed by atoms with Gasteiger partial charge in [-0.05, 0) is 48.7 Å². The summed E-state index contributed by atoms with van der Waals surface area (Å²) in [6.07, 6.45) is 2.89. The Morgan fingerprint density at radius 2 is 1.87 bits per heavy atom. The first-order chi connectivity index (χ1) is 17.9. The fourth-order valence-corrected chi connectivity index (χ4v) is 5.26. The minimum atomic E-state index is -4.38. The van der Waals surface area contributed by atoms with Crippen molar-refractivity contribution in [1.82, 2.24) is 20.0 Å². The molecule has 1 aromatic carbocycles. The molecular weight excluding hydrogens is 574 g/mol. The predicted octanol–water partition coefficient (Wildman–Crippen LogP) is 3.01. The monoisotopic (exact) mass is 598 g/mol. The van der Waals surface area contributed by atoms with E-state index in [-0.39, 0.29) is 43.5 Å². The number of rotatable bonds is 7. The smallest absolute Gasteiger partial charge is 0.325 e. The van der Waals surface area contributed by atoms with Crippen molar-refractivity contribution in [3.05, 3.63) is 82.3 Å². The topological polar surface area (TPSA) is 125 Å². The largest absolute Gasteiger partial charge is 0.330 e. The van der Waals surface area contributed by atoms with Crippen molar-refractivity contribution in [2.45, 2.75) is 25.8 Å². The molecule has 3 aromatic rings. The average Bonchev–Trinajstić information content (AvgIpc) is 3.29. The average molecular weight is 599 g/mol. The molecule has 1 aliphatic rings. The molecule has 0 bridgehead atoms. The summed E-state index contributed by atoms with van der Waals surface area (Å²) in [5.74, 6) is -2.26. The summed E-state index contributed by atoms with van der Waals surface area (Å²) in [5, 5.41) is 2.61. The van der Waals surface area contributed by atoms with Crippen LogP contribution in [0.3, 0.4) is 0 Å². The van der Waals surface area contributed by atoms with Gasteiger partial charge in [-0.2, -0.15) is 21.9 Å². The molecule has 15 heteroatoms. The van der Waals surface area contributed by atoms with Gasteiger partial charge in [0, 0.05) is 32.3 Å². The summed E-state index contributed by atoms with van der Waals surface area (Å²) in [4.78, 5) is 35.5. The summed E-state index contributed by atoms with van der Waals surface area (Å²) in [6, 6.07) is 4.96. The van der Waals surface area contributed by atoms with Gasteiger partial charge in [-0.3, -0.25) is 9.78 Å². The minimum Gasteiger partial charge on any atom is -0.325 e. The van der Waals surface area contributed by atoms with Gasteiger partial charge in [0.15, 0.2) is 0 Å². The van der Waals surface area contributed by atoms with Crippen LogP contribution < -0.4 is 19.2 Å². The quantitative estimate of drug-likeness (QED) is 0.431. The van der Waals surface area contributed by atoms with Crippen LogP contribution in [-0.4, -0.2) is 50.0 Å². The first-order valence-corrected chi connectivity index (χ1v) is 13.2. The van der Waals surface area contributed by atoms with Gasteiger partial charge in [0.2, 0.25) is 5.91 Å². The summed E-state index contributed by atoms with van der Waals surface area (Å²) in [5.41, 5.74) is 1.58. The highest BCUT2D eigenvalue weighted by atomic mass is 35.5. The van der Waals surface area contributed by atoms with E-state index in [1.807, 2.05) is 4.72 Å². The number of likely N-dealkylation sites (N-methyl/N-ethyl adjacent to an activating group) is 1. The lowest BCUT2D eigenvalue weighted by Crippen LogP contribution is -2.54. The van der Waals surface area contributed by atoms with Crippen molar-refractivity contribution < 1.29 is 26.8 Å². The van der Waals surface area contributed by atoms with Gasteiger partial charge in [-0.25, -0.2) is 27.6 Å². The Bertz CT molecular complexity index is 1490. The lowest BCUT2D eigenvalue weighted by Gasteiger charge is -2.26. The molecule has 2 N–H and O–H groups in total. The number of carbonyl (C=O) groups excluding carboxylic acids is 2. The Balaban J connectivity index is 0.00000420. The van der Waals surface area contributed by atoms with E-state index in [0.29, 0.717) is 28.8 Å². The zero-order valence-corrected chi connectivity index (χ0v) is 23.4. The number of nitrogens with one attached hydrogen (secondary N) is 2. The maximum atomic E-state index is 13.8. The number of hydrogen-bond acceptors (Lipinski definition) is 6. The number of aryl methyl sites for hydroxylation is 1. The molecule has 2 aromatic heterocycles. The summed E-state index contributed by atoms with van der Waals surface area (Å²) < 4.78 is 56.3. The van der Waals surface area contributed by atoms with Gasteiger partial charge in [-0.15, -0.1) is 0 Å². The van der Waals surface area contributed by atoms with Crippen LogP contribution in [0.5, 0.6) is 0 Å². The molecule has 1 aliphatic heterocycles. The Kier molecular flexibility index (Phi) is 9.35. The van der Waals surface area contributed by atoms with Crippen molar-refractivity contribution in [2.24, 2.45) is 0 Å². The molecule has 0 unspecified atom stereocenters. The molecule has 0 radical (unpaired) electrons. The summed E-state index contributed by atoms with van der Waals surface area (Å²) >= 11 is 6.12. The lowest BCUT2D eigenvalue weighted by atomic mass is 10.0. The second-order valence-electron chi connectivity index (χ2n) is 8.58. The van der Waals surface area contributed by atoms with E-state index in [1.54, 1.807) is 19.1 Å². The maximum Gasteiger partial charge on any atom is 0.330 e. The molecule has 10 nitrogen and oxygen atoms in total. The second-order valence-corrected chi connectivity index (χ2v) is 10.6. The molecule has 0 fully saturated rings. The first kappa shape index (κ1) is 30.1. The number of carbonyl (C=O) groups is 2. The van der Waals surface area contributed by atoms with E-state index >= 15 is 0 Å². The summed E-state index contributed by atoms with van der Waals surface area (Å²) in [7, 11) is -2.98. The highest BCUT2D eigenvalue weighted by Crippen LogP contribution is 2.27. The highest BCUT2D eigenvalue weighted by Gasteiger charge is 2.33. The van der Waals surface area contributed by atoms with Gasteiger partial charge in [0.25, 0.3) is 0 Å².